The van der Waals surface area contributed by atoms with Gasteiger partial charge in [0.15, 0.2) is 0 Å². The van der Waals surface area contributed by atoms with Gasteiger partial charge in [0.05, 0.1) is 17.4 Å². The zero-order valence-electron chi connectivity index (χ0n) is 9.71. The molecule has 16 heavy (non-hydrogen) atoms. The second-order valence-electron chi connectivity index (χ2n) is 4.57. The lowest BCUT2D eigenvalue weighted by Gasteiger charge is -2.22. The zero-order chi connectivity index (χ0) is 11.6. The lowest BCUT2D eigenvalue weighted by atomic mass is 9.99. The third-order valence-corrected chi connectivity index (χ3v) is 3.00. The number of carbonyl (C=O) groups excluding carboxylic acids is 1. The minimum atomic E-state index is -0.427. The first-order chi connectivity index (χ1) is 7.60. The molecule has 1 atom stereocenters. The second-order valence-corrected chi connectivity index (χ2v) is 4.57. The highest BCUT2D eigenvalue weighted by molar-refractivity contribution is 5.97. The largest absolute Gasteiger partial charge is 0.323 e. The third-order valence-electron chi connectivity index (χ3n) is 3.00. The summed E-state index contributed by atoms with van der Waals surface area (Å²) in [5, 5.41) is 6.14. The van der Waals surface area contributed by atoms with Gasteiger partial charge < -0.3 is 10.6 Å². The monoisotopic (exact) mass is 219 g/mol. The molecule has 2 N–H and O–H groups in total. The molecule has 0 spiro atoms. The Hall–Kier alpha value is -1.42. The molecule has 0 bridgehead atoms. The highest BCUT2D eigenvalue weighted by atomic mass is 16.2. The number of nitrogens with one attached hydrogen (secondary N) is 2. The smallest absolute Gasteiger partial charge is 0.244 e. The Kier molecular flexibility index (Phi) is 2.92. The molecule has 1 unspecified atom stereocenters. The predicted molar refractivity (Wildman–Crippen MR) is 63.2 cm³/mol. The first kappa shape index (κ1) is 11.1. The van der Waals surface area contributed by atoms with E-state index in [0.717, 1.165) is 30.6 Å². The van der Waals surface area contributed by atoms with Crippen LogP contribution < -0.4 is 10.6 Å². The van der Waals surface area contributed by atoms with E-state index in [1.165, 1.54) is 0 Å². The minimum Gasteiger partial charge on any atom is -0.323 e. The van der Waals surface area contributed by atoms with Crippen LogP contribution in [0.1, 0.15) is 25.3 Å². The minimum absolute atomic E-state index is 0.0254. The van der Waals surface area contributed by atoms with Crippen LogP contribution in [0.15, 0.2) is 18.5 Å². The Labute approximate surface area is 95.5 Å². The van der Waals surface area contributed by atoms with Gasteiger partial charge in [-0.15, -0.1) is 0 Å². The predicted octanol–water partition coefficient (Wildman–Crippen LogP) is 1.47. The summed E-state index contributed by atoms with van der Waals surface area (Å²) in [5.41, 5.74) is 1.38. The lowest BCUT2D eigenvalue weighted by molar-refractivity contribution is -0.121. The summed E-state index contributed by atoms with van der Waals surface area (Å²) in [6, 6.07) is 1.92. The van der Waals surface area contributed by atoms with Crippen LogP contribution in [-0.4, -0.2) is 23.0 Å². The van der Waals surface area contributed by atoms with Crippen LogP contribution in [0, 0.1) is 6.92 Å². The van der Waals surface area contributed by atoms with Gasteiger partial charge in [-0.05, 0) is 44.9 Å². The zero-order valence-corrected chi connectivity index (χ0v) is 9.71. The van der Waals surface area contributed by atoms with E-state index in [2.05, 4.69) is 15.6 Å². The van der Waals surface area contributed by atoms with E-state index in [1.54, 1.807) is 12.4 Å². The molecule has 1 amide bonds. The first-order valence-corrected chi connectivity index (χ1v) is 5.58. The van der Waals surface area contributed by atoms with Crippen molar-refractivity contribution in [1.82, 2.24) is 10.3 Å². The molecule has 0 aromatic carbocycles. The molecular weight excluding hydrogens is 202 g/mol. The number of hydrogen-bond acceptors (Lipinski definition) is 3. The Morgan fingerprint density at radius 1 is 1.56 bits per heavy atom. The van der Waals surface area contributed by atoms with Crippen molar-refractivity contribution in [2.75, 3.05) is 11.9 Å². The molecule has 1 fully saturated rings. The van der Waals surface area contributed by atoms with Gasteiger partial charge in [0.1, 0.15) is 0 Å². The average molecular weight is 219 g/mol. The van der Waals surface area contributed by atoms with E-state index in [4.69, 9.17) is 0 Å². The molecule has 1 aromatic heterocycles. The number of amides is 1. The first-order valence-electron chi connectivity index (χ1n) is 5.58. The van der Waals surface area contributed by atoms with Crippen molar-refractivity contribution < 1.29 is 4.79 Å². The van der Waals surface area contributed by atoms with Gasteiger partial charge in [0, 0.05) is 6.20 Å². The fourth-order valence-electron chi connectivity index (χ4n) is 1.98. The Bertz CT molecular complexity index is 397. The molecule has 0 aliphatic carbocycles. The number of pyridine rings is 1. The van der Waals surface area contributed by atoms with E-state index in [-0.39, 0.29) is 5.91 Å². The fourth-order valence-corrected chi connectivity index (χ4v) is 1.98. The van der Waals surface area contributed by atoms with Crippen LogP contribution in [0.25, 0.3) is 0 Å². The normalized spacial score (nSPS) is 24.4. The number of aromatic nitrogens is 1. The maximum Gasteiger partial charge on any atom is 0.244 e. The van der Waals surface area contributed by atoms with Crippen molar-refractivity contribution in [3.63, 3.8) is 0 Å². The standard InChI is InChI=1S/C12H17N3O/c1-9-6-10(8-13-7-9)15-11(16)12(2)4-3-5-14-12/h6-8,14H,3-5H2,1-2H3,(H,15,16). The number of anilines is 1. The van der Waals surface area contributed by atoms with Crippen molar-refractivity contribution in [1.29, 1.82) is 0 Å². The van der Waals surface area contributed by atoms with Gasteiger partial charge in [0.25, 0.3) is 0 Å². The van der Waals surface area contributed by atoms with Gasteiger partial charge in [0.2, 0.25) is 5.91 Å². The van der Waals surface area contributed by atoms with E-state index in [0.29, 0.717) is 0 Å². The maximum absolute atomic E-state index is 12.0. The van der Waals surface area contributed by atoms with E-state index >= 15 is 0 Å². The molecule has 1 aromatic rings. The molecule has 4 nitrogen and oxygen atoms in total. The summed E-state index contributed by atoms with van der Waals surface area (Å²) >= 11 is 0. The molecule has 86 valence electrons. The average Bonchev–Trinajstić information content (AvgIpc) is 2.66. The Balaban J connectivity index is 2.07. The molecule has 1 aliphatic rings. The van der Waals surface area contributed by atoms with Gasteiger partial charge in [-0.2, -0.15) is 0 Å². The molecule has 4 heteroatoms. The second kappa shape index (κ2) is 4.22. The topological polar surface area (TPSA) is 54.0 Å². The number of rotatable bonds is 2. The quantitative estimate of drug-likeness (QED) is 0.792. The van der Waals surface area contributed by atoms with Crippen molar-refractivity contribution in [2.45, 2.75) is 32.2 Å². The SMILES string of the molecule is Cc1cncc(NC(=O)C2(C)CCCN2)c1. The number of aryl methyl sites for hydroxylation is 1. The van der Waals surface area contributed by atoms with Crippen molar-refractivity contribution in [3.05, 3.63) is 24.0 Å². The summed E-state index contributed by atoms with van der Waals surface area (Å²) < 4.78 is 0. The van der Waals surface area contributed by atoms with Gasteiger partial charge in [-0.1, -0.05) is 0 Å². The third kappa shape index (κ3) is 2.22. The van der Waals surface area contributed by atoms with Gasteiger partial charge in [-0.25, -0.2) is 0 Å². The van der Waals surface area contributed by atoms with Crippen LogP contribution in [0.2, 0.25) is 0 Å². The van der Waals surface area contributed by atoms with Crippen LogP contribution in [0.4, 0.5) is 5.69 Å². The molecular formula is C12H17N3O. The molecule has 2 rings (SSSR count). The summed E-state index contributed by atoms with van der Waals surface area (Å²) in [6.45, 7) is 4.81. The van der Waals surface area contributed by atoms with Crippen LogP contribution in [0.3, 0.4) is 0 Å². The van der Waals surface area contributed by atoms with Crippen molar-refractivity contribution in [2.24, 2.45) is 0 Å². The maximum atomic E-state index is 12.0. The summed E-state index contributed by atoms with van der Waals surface area (Å²) in [7, 11) is 0. The van der Waals surface area contributed by atoms with Crippen molar-refractivity contribution in [3.8, 4) is 0 Å². The van der Waals surface area contributed by atoms with Crippen LogP contribution in [-0.2, 0) is 4.79 Å². The fraction of sp³-hybridized carbons (Fsp3) is 0.500. The molecule has 0 radical (unpaired) electrons. The summed E-state index contributed by atoms with van der Waals surface area (Å²) in [4.78, 5) is 16.1. The van der Waals surface area contributed by atoms with E-state index in [1.807, 2.05) is 19.9 Å². The van der Waals surface area contributed by atoms with Gasteiger partial charge in [-0.3, -0.25) is 9.78 Å². The highest BCUT2D eigenvalue weighted by Gasteiger charge is 2.35. The summed E-state index contributed by atoms with van der Waals surface area (Å²) in [5.74, 6) is 0.0254. The van der Waals surface area contributed by atoms with Gasteiger partial charge >= 0.3 is 0 Å². The van der Waals surface area contributed by atoms with Crippen molar-refractivity contribution >= 4 is 11.6 Å². The molecule has 2 heterocycles. The molecule has 1 saturated heterocycles. The lowest BCUT2D eigenvalue weighted by Crippen LogP contribution is -2.47. The van der Waals surface area contributed by atoms with Crippen LogP contribution >= 0.6 is 0 Å². The Morgan fingerprint density at radius 2 is 2.38 bits per heavy atom. The highest BCUT2D eigenvalue weighted by Crippen LogP contribution is 2.20. The molecule has 1 aliphatic heterocycles. The summed E-state index contributed by atoms with van der Waals surface area (Å²) in [6.07, 6.45) is 5.38. The van der Waals surface area contributed by atoms with E-state index < -0.39 is 5.54 Å². The Morgan fingerprint density at radius 3 is 3.00 bits per heavy atom. The number of carbonyl (C=O) groups is 1. The number of nitrogens with zero attached hydrogens (tertiary/aromatic N) is 1. The molecule has 0 saturated carbocycles. The van der Waals surface area contributed by atoms with Crippen LogP contribution in [0.5, 0.6) is 0 Å². The number of hydrogen-bond donors (Lipinski definition) is 2. The van der Waals surface area contributed by atoms with E-state index in [9.17, 15) is 4.79 Å².